The van der Waals surface area contributed by atoms with E-state index in [0.717, 1.165) is 36.6 Å². The Labute approximate surface area is 128 Å². The van der Waals surface area contributed by atoms with Crippen LogP contribution in [0, 0.1) is 11.8 Å². The number of piperidine rings is 1. The van der Waals surface area contributed by atoms with Crippen molar-refractivity contribution in [2.75, 3.05) is 23.7 Å². The molecule has 2 aliphatic rings. The van der Waals surface area contributed by atoms with Crippen LogP contribution in [0.4, 0.5) is 11.6 Å². The molecule has 0 bridgehead atoms. The minimum Gasteiger partial charge on any atom is -0.384 e. The van der Waals surface area contributed by atoms with Gasteiger partial charge in [-0.3, -0.25) is 0 Å². The van der Waals surface area contributed by atoms with E-state index < -0.39 is 0 Å². The van der Waals surface area contributed by atoms with Gasteiger partial charge in [-0.05, 0) is 24.7 Å². The topological polar surface area (TPSA) is 55.0 Å². The molecule has 0 spiro atoms. The Bertz CT molecular complexity index is 506. The lowest BCUT2D eigenvalue weighted by Crippen LogP contribution is -2.42. The van der Waals surface area contributed by atoms with E-state index in [1.54, 1.807) is 0 Å². The summed E-state index contributed by atoms with van der Waals surface area (Å²) in [5, 5.41) is 0. The molecule has 2 fully saturated rings. The fraction of sp³-hybridized carbons (Fsp3) is 0.765. The highest BCUT2D eigenvalue weighted by Gasteiger charge is 2.32. The van der Waals surface area contributed by atoms with E-state index in [9.17, 15) is 0 Å². The van der Waals surface area contributed by atoms with Crippen molar-refractivity contribution < 1.29 is 0 Å². The first-order valence-corrected chi connectivity index (χ1v) is 8.33. The summed E-state index contributed by atoms with van der Waals surface area (Å²) in [4.78, 5) is 11.7. The van der Waals surface area contributed by atoms with Crippen molar-refractivity contribution in [3.8, 4) is 0 Å². The molecule has 0 aromatic carbocycles. The van der Waals surface area contributed by atoms with Crippen molar-refractivity contribution in [1.29, 1.82) is 0 Å². The molecule has 1 aromatic heterocycles. The number of hydrogen-bond acceptors (Lipinski definition) is 4. The second-order valence-corrected chi connectivity index (χ2v) is 7.76. The molecule has 1 aromatic rings. The van der Waals surface area contributed by atoms with Gasteiger partial charge >= 0.3 is 0 Å². The van der Waals surface area contributed by atoms with Crippen molar-refractivity contribution in [3.63, 3.8) is 0 Å². The summed E-state index contributed by atoms with van der Waals surface area (Å²) in [6.07, 6.45) is 6.94. The Morgan fingerprint density at radius 3 is 2.52 bits per heavy atom. The van der Waals surface area contributed by atoms with Gasteiger partial charge in [0.1, 0.15) is 17.5 Å². The predicted molar refractivity (Wildman–Crippen MR) is 87.4 cm³/mol. The van der Waals surface area contributed by atoms with Crippen molar-refractivity contribution >= 4 is 11.6 Å². The first kappa shape index (κ1) is 14.6. The maximum atomic E-state index is 6.02. The lowest BCUT2D eigenvalue weighted by molar-refractivity contribution is 0.202. The van der Waals surface area contributed by atoms with Gasteiger partial charge < -0.3 is 10.6 Å². The highest BCUT2D eigenvalue weighted by Crippen LogP contribution is 2.37. The molecule has 21 heavy (non-hydrogen) atoms. The molecule has 3 rings (SSSR count). The summed E-state index contributed by atoms with van der Waals surface area (Å²) in [6, 6.07) is 1.94. The predicted octanol–water partition coefficient (Wildman–Crippen LogP) is 3.37. The fourth-order valence-electron chi connectivity index (χ4n) is 3.76. The highest BCUT2D eigenvalue weighted by atomic mass is 15.2. The zero-order chi connectivity index (χ0) is 15.0. The highest BCUT2D eigenvalue weighted by molar-refractivity contribution is 5.48. The maximum absolute atomic E-state index is 6.02. The van der Waals surface area contributed by atoms with Crippen molar-refractivity contribution in [1.82, 2.24) is 9.97 Å². The minimum absolute atomic E-state index is 0.0622. The zero-order valence-corrected chi connectivity index (χ0v) is 13.6. The summed E-state index contributed by atoms with van der Waals surface area (Å²) < 4.78 is 0. The van der Waals surface area contributed by atoms with E-state index in [1.165, 1.54) is 32.1 Å². The van der Waals surface area contributed by atoms with Gasteiger partial charge in [0, 0.05) is 24.6 Å². The van der Waals surface area contributed by atoms with Crippen LogP contribution < -0.4 is 10.6 Å². The van der Waals surface area contributed by atoms with E-state index >= 15 is 0 Å². The van der Waals surface area contributed by atoms with E-state index in [4.69, 9.17) is 10.7 Å². The van der Waals surface area contributed by atoms with Crippen LogP contribution in [0.2, 0.25) is 0 Å². The van der Waals surface area contributed by atoms with Gasteiger partial charge in [-0.1, -0.05) is 40.0 Å². The van der Waals surface area contributed by atoms with Gasteiger partial charge in [-0.25, -0.2) is 9.97 Å². The molecule has 1 saturated heterocycles. The summed E-state index contributed by atoms with van der Waals surface area (Å²) >= 11 is 0. The zero-order valence-electron chi connectivity index (χ0n) is 13.6. The van der Waals surface area contributed by atoms with Gasteiger partial charge in [-0.2, -0.15) is 0 Å². The Kier molecular flexibility index (Phi) is 3.80. The molecule has 2 heterocycles. The van der Waals surface area contributed by atoms with Crippen LogP contribution in [0.15, 0.2) is 6.07 Å². The van der Waals surface area contributed by atoms with Crippen molar-refractivity contribution in [3.05, 3.63) is 11.9 Å². The molecule has 1 aliphatic carbocycles. The number of nitrogen functional groups attached to an aromatic ring is 1. The number of nitrogens with two attached hydrogens (primary N) is 1. The normalized spacial score (nSPS) is 26.5. The summed E-state index contributed by atoms with van der Waals surface area (Å²) in [6.45, 7) is 8.67. The molecule has 4 heteroatoms. The molecular weight excluding hydrogens is 260 g/mol. The molecule has 2 unspecified atom stereocenters. The third-order valence-corrected chi connectivity index (χ3v) is 5.02. The van der Waals surface area contributed by atoms with Crippen LogP contribution in [0.1, 0.15) is 58.7 Å². The van der Waals surface area contributed by atoms with Crippen molar-refractivity contribution in [2.24, 2.45) is 11.8 Å². The van der Waals surface area contributed by atoms with E-state index in [1.807, 2.05) is 6.07 Å². The van der Waals surface area contributed by atoms with Crippen LogP contribution in [-0.4, -0.2) is 23.1 Å². The second kappa shape index (κ2) is 5.47. The van der Waals surface area contributed by atoms with Crippen LogP contribution in [-0.2, 0) is 5.41 Å². The Morgan fingerprint density at radius 2 is 1.81 bits per heavy atom. The number of fused-ring (bicyclic) bond motifs is 1. The molecule has 116 valence electrons. The maximum Gasteiger partial charge on any atom is 0.138 e. The average Bonchev–Trinajstić information content (AvgIpc) is 2.45. The molecule has 0 radical (unpaired) electrons. The third kappa shape index (κ3) is 3.14. The van der Waals surface area contributed by atoms with Gasteiger partial charge in [0.25, 0.3) is 0 Å². The third-order valence-electron chi connectivity index (χ3n) is 5.02. The molecule has 2 N–H and O–H groups in total. The fourth-order valence-corrected chi connectivity index (χ4v) is 3.76. The quantitative estimate of drug-likeness (QED) is 0.861. The van der Waals surface area contributed by atoms with Gasteiger partial charge in [0.15, 0.2) is 0 Å². The Morgan fingerprint density at radius 1 is 1.10 bits per heavy atom. The lowest BCUT2D eigenvalue weighted by Gasteiger charge is -2.42. The van der Waals surface area contributed by atoms with Crippen molar-refractivity contribution in [2.45, 2.75) is 58.3 Å². The number of aromatic nitrogens is 2. The number of rotatable bonds is 1. The SMILES string of the molecule is CC(C)(C)c1nc(N)cc(N2CCC3CCCCC3C2)n1. The first-order valence-electron chi connectivity index (χ1n) is 8.33. The molecule has 0 amide bonds. The smallest absolute Gasteiger partial charge is 0.138 e. The minimum atomic E-state index is -0.0622. The van der Waals surface area contributed by atoms with Crippen LogP contribution >= 0.6 is 0 Å². The monoisotopic (exact) mass is 288 g/mol. The Hall–Kier alpha value is -1.32. The number of nitrogens with zero attached hydrogens (tertiary/aromatic N) is 3. The molecule has 4 nitrogen and oxygen atoms in total. The summed E-state index contributed by atoms with van der Waals surface area (Å²) in [5.74, 6) is 4.26. The van der Waals surface area contributed by atoms with E-state index in [0.29, 0.717) is 5.82 Å². The molecule has 2 atom stereocenters. The van der Waals surface area contributed by atoms with E-state index in [2.05, 4.69) is 30.7 Å². The Balaban J connectivity index is 1.82. The first-order chi connectivity index (χ1) is 9.93. The van der Waals surface area contributed by atoms with Crippen LogP contribution in [0.25, 0.3) is 0 Å². The van der Waals surface area contributed by atoms with Gasteiger partial charge in [0.05, 0.1) is 0 Å². The summed E-state index contributed by atoms with van der Waals surface area (Å²) in [5.41, 5.74) is 5.95. The molecular formula is C17H28N4. The van der Waals surface area contributed by atoms with E-state index in [-0.39, 0.29) is 5.41 Å². The molecule has 1 aliphatic heterocycles. The standard InChI is InChI=1S/C17H28N4/c1-17(2,3)16-19-14(18)10-15(20-16)21-9-8-12-6-4-5-7-13(12)11-21/h10,12-13H,4-9,11H2,1-3H3,(H2,18,19,20). The van der Waals surface area contributed by atoms with Gasteiger partial charge in [-0.15, -0.1) is 0 Å². The van der Waals surface area contributed by atoms with Gasteiger partial charge in [0.2, 0.25) is 0 Å². The number of hydrogen-bond donors (Lipinski definition) is 1. The van der Waals surface area contributed by atoms with Crippen LogP contribution in [0.3, 0.4) is 0 Å². The molecule has 1 saturated carbocycles. The number of anilines is 2. The largest absolute Gasteiger partial charge is 0.384 e. The average molecular weight is 288 g/mol. The van der Waals surface area contributed by atoms with Crippen LogP contribution in [0.5, 0.6) is 0 Å². The summed E-state index contributed by atoms with van der Waals surface area (Å²) in [7, 11) is 0. The lowest BCUT2D eigenvalue weighted by atomic mass is 9.75. The second-order valence-electron chi connectivity index (χ2n) is 7.76.